The minimum absolute atomic E-state index is 0.0141. The van der Waals surface area contributed by atoms with Crippen molar-refractivity contribution < 1.29 is 9.94 Å². The van der Waals surface area contributed by atoms with Crippen molar-refractivity contribution in [1.29, 1.82) is 0 Å². The van der Waals surface area contributed by atoms with Gasteiger partial charge in [0.2, 0.25) is 0 Å². The lowest BCUT2D eigenvalue weighted by Crippen LogP contribution is -2.17. The summed E-state index contributed by atoms with van der Waals surface area (Å²) in [6.45, 7) is 3.34. The molecular weight excluding hydrogens is 230 g/mol. The lowest BCUT2D eigenvalue weighted by Gasteiger charge is -2.08. The molecule has 1 heterocycles. The zero-order valence-corrected chi connectivity index (χ0v) is 10.8. The molecule has 1 aromatic heterocycles. The second kappa shape index (κ2) is 8.47. The monoisotopic (exact) mass is 251 g/mol. The van der Waals surface area contributed by atoms with E-state index in [0.29, 0.717) is 12.3 Å². The number of pyridine rings is 1. The molecule has 0 saturated carbocycles. The van der Waals surface area contributed by atoms with Gasteiger partial charge in [-0.3, -0.25) is 4.98 Å². The quantitative estimate of drug-likeness (QED) is 0.244. The first-order valence-electron chi connectivity index (χ1n) is 6.29. The van der Waals surface area contributed by atoms with Crippen molar-refractivity contribution >= 4 is 5.84 Å². The van der Waals surface area contributed by atoms with Crippen molar-refractivity contribution in [2.45, 2.75) is 39.2 Å². The van der Waals surface area contributed by atoms with Gasteiger partial charge in [-0.2, -0.15) is 0 Å². The average molecular weight is 251 g/mol. The van der Waals surface area contributed by atoms with Gasteiger partial charge >= 0.3 is 0 Å². The molecule has 0 aliphatic heterocycles. The normalized spacial score (nSPS) is 11.7. The lowest BCUT2D eigenvalue weighted by molar-refractivity contribution is 0.116. The highest BCUT2D eigenvalue weighted by Crippen LogP contribution is 2.08. The minimum atomic E-state index is 0.0141. The number of hydrogen-bond acceptors (Lipinski definition) is 4. The van der Waals surface area contributed by atoms with E-state index in [1.165, 1.54) is 19.3 Å². The van der Waals surface area contributed by atoms with E-state index in [2.05, 4.69) is 17.1 Å². The molecule has 0 radical (unpaired) electrons. The van der Waals surface area contributed by atoms with E-state index in [1.807, 2.05) is 12.1 Å². The first kappa shape index (κ1) is 14.4. The summed E-state index contributed by atoms with van der Waals surface area (Å²) >= 11 is 0. The molecule has 0 bridgehead atoms. The van der Waals surface area contributed by atoms with Gasteiger partial charge in [-0.1, -0.05) is 37.4 Å². The molecule has 5 heteroatoms. The van der Waals surface area contributed by atoms with Crippen molar-refractivity contribution in [2.24, 2.45) is 10.9 Å². The molecular formula is C13H21N3O2. The minimum Gasteiger partial charge on any atom is -0.409 e. The van der Waals surface area contributed by atoms with Gasteiger partial charge in [0.25, 0.3) is 0 Å². The third-order valence-electron chi connectivity index (χ3n) is 2.64. The van der Waals surface area contributed by atoms with Crippen LogP contribution in [0.15, 0.2) is 23.5 Å². The van der Waals surface area contributed by atoms with Crippen molar-refractivity contribution in [3.63, 3.8) is 0 Å². The van der Waals surface area contributed by atoms with Gasteiger partial charge in [0.05, 0.1) is 6.61 Å². The van der Waals surface area contributed by atoms with Crippen molar-refractivity contribution in [2.75, 3.05) is 6.61 Å². The van der Waals surface area contributed by atoms with Crippen LogP contribution in [0.3, 0.4) is 0 Å². The van der Waals surface area contributed by atoms with Crippen LogP contribution in [0.5, 0.6) is 0 Å². The predicted octanol–water partition coefficient (Wildman–Crippen LogP) is 2.27. The van der Waals surface area contributed by atoms with E-state index in [9.17, 15) is 0 Å². The van der Waals surface area contributed by atoms with Crippen LogP contribution in [0.1, 0.15) is 43.9 Å². The SMILES string of the molecule is CCCCCCOCc1cccnc1C(N)=NO. The summed E-state index contributed by atoms with van der Waals surface area (Å²) in [4.78, 5) is 4.08. The molecule has 0 unspecified atom stereocenters. The van der Waals surface area contributed by atoms with Crippen LogP contribution in [0.25, 0.3) is 0 Å². The van der Waals surface area contributed by atoms with E-state index in [1.54, 1.807) is 6.20 Å². The van der Waals surface area contributed by atoms with Crippen LogP contribution in [0.2, 0.25) is 0 Å². The largest absolute Gasteiger partial charge is 0.409 e. The molecule has 0 spiro atoms. The Balaban J connectivity index is 2.42. The maximum absolute atomic E-state index is 8.66. The van der Waals surface area contributed by atoms with Gasteiger partial charge in [0.1, 0.15) is 5.69 Å². The molecule has 0 aromatic carbocycles. The van der Waals surface area contributed by atoms with Crippen LogP contribution in [-0.4, -0.2) is 22.6 Å². The summed E-state index contributed by atoms with van der Waals surface area (Å²) in [6.07, 6.45) is 6.32. The van der Waals surface area contributed by atoms with E-state index < -0.39 is 0 Å². The first-order chi connectivity index (χ1) is 8.79. The topological polar surface area (TPSA) is 80.7 Å². The third kappa shape index (κ3) is 4.71. The van der Waals surface area contributed by atoms with Crippen LogP contribution in [-0.2, 0) is 11.3 Å². The van der Waals surface area contributed by atoms with Gasteiger partial charge in [0, 0.05) is 18.4 Å². The molecule has 18 heavy (non-hydrogen) atoms. The van der Waals surface area contributed by atoms with Gasteiger partial charge in [-0.25, -0.2) is 0 Å². The molecule has 0 fully saturated rings. The summed E-state index contributed by atoms with van der Waals surface area (Å²) in [5.74, 6) is 0.0141. The molecule has 0 saturated heterocycles. The molecule has 1 rings (SSSR count). The van der Waals surface area contributed by atoms with Crippen molar-refractivity contribution in [1.82, 2.24) is 4.98 Å². The number of oxime groups is 1. The Bertz CT molecular complexity index is 380. The van der Waals surface area contributed by atoms with Gasteiger partial charge in [-0.15, -0.1) is 0 Å². The summed E-state index contributed by atoms with van der Waals surface area (Å²) in [6, 6.07) is 3.68. The highest BCUT2D eigenvalue weighted by Gasteiger charge is 2.07. The second-order valence-electron chi connectivity index (χ2n) is 4.11. The Morgan fingerprint density at radius 1 is 1.44 bits per heavy atom. The van der Waals surface area contributed by atoms with Crippen molar-refractivity contribution in [3.8, 4) is 0 Å². The lowest BCUT2D eigenvalue weighted by atomic mass is 10.2. The summed E-state index contributed by atoms with van der Waals surface area (Å²) < 4.78 is 5.57. The average Bonchev–Trinajstić information content (AvgIpc) is 2.42. The number of hydrogen-bond donors (Lipinski definition) is 2. The molecule has 0 amide bonds. The first-order valence-corrected chi connectivity index (χ1v) is 6.29. The number of nitrogens with two attached hydrogens (primary N) is 1. The van der Waals surface area contributed by atoms with E-state index in [-0.39, 0.29) is 5.84 Å². The van der Waals surface area contributed by atoms with Crippen LogP contribution >= 0.6 is 0 Å². The van der Waals surface area contributed by atoms with Crippen LogP contribution in [0, 0.1) is 0 Å². The summed E-state index contributed by atoms with van der Waals surface area (Å²) in [7, 11) is 0. The number of aromatic nitrogens is 1. The molecule has 100 valence electrons. The highest BCUT2D eigenvalue weighted by molar-refractivity contribution is 5.96. The Labute approximate surface area is 108 Å². The van der Waals surface area contributed by atoms with Crippen LogP contribution < -0.4 is 5.73 Å². The smallest absolute Gasteiger partial charge is 0.189 e. The predicted molar refractivity (Wildman–Crippen MR) is 70.5 cm³/mol. The number of unbranched alkanes of at least 4 members (excludes halogenated alkanes) is 3. The fourth-order valence-corrected chi connectivity index (χ4v) is 1.65. The van der Waals surface area contributed by atoms with Gasteiger partial charge in [0.15, 0.2) is 5.84 Å². The molecule has 5 nitrogen and oxygen atoms in total. The maximum atomic E-state index is 8.66. The standard InChI is InChI=1S/C13H21N3O2/c1-2-3-4-5-9-18-10-11-7-6-8-15-12(11)13(14)16-17/h6-8,17H,2-5,9-10H2,1H3,(H2,14,16). The highest BCUT2D eigenvalue weighted by atomic mass is 16.5. The second-order valence-corrected chi connectivity index (χ2v) is 4.11. The summed E-state index contributed by atoms with van der Waals surface area (Å²) in [5, 5.41) is 11.6. The number of nitrogens with zero attached hydrogens (tertiary/aromatic N) is 2. The molecule has 0 aliphatic rings. The zero-order valence-electron chi connectivity index (χ0n) is 10.8. The number of rotatable bonds is 8. The third-order valence-corrected chi connectivity index (χ3v) is 2.64. The number of ether oxygens (including phenoxy) is 1. The molecule has 0 aliphatic carbocycles. The number of amidine groups is 1. The van der Waals surface area contributed by atoms with Gasteiger partial charge in [-0.05, 0) is 12.5 Å². The Kier molecular flexibility index (Phi) is 6.79. The fourth-order valence-electron chi connectivity index (χ4n) is 1.65. The fraction of sp³-hybridized carbons (Fsp3) is 0.538. The van der Waals surface area contributed by atoms with Crippen LogP contribution in [0.4, 0.5) is 0 Å². The molecule has 3 N–H and O–H groups in total. The van der Waals surface area contributed by atoms with Crippen molar-refractivity contribution in [3.05, 3.63) is 29.6 Å². The molecule has 1 aromatic rings. The van der Waals surface area contributed by atoms with E-state index in [0.717, 1.165) is 18.6 Å². The Morgan fingerprint density at radius 2 is 2.28 bits per heavy atom. The maximum Gasteiger partial charge on any atom is 0.189 e. The molecule has 0 atom stereocenters. The Morgan fingerprint density at radius 3 is 3.00 bits per heavy atom. The van der Waals surface area contributed by atoms with E-state index in [4.69, 9.17) is 15.7 Å². The van der Waals surface area contributed by atoms with Gasteiger partial charge < -0.3 is 15.7 Å². The Hall–Kier alpha value is -1.62. The van der Waals surface area contributed by atoms with E-state index >= 15 is 0 Å². The zero-order chi connectivity index (χ0) is 13.2. The summed E-state index contributed by atoms with van der Waals surface area (Å²) in [5.41, 5.74) is 6.86.